The molecule has 0 atom stereocenters. The third kappa shape index (κ3) is 3.50. The molecular weight excluding hydrogens is 310 g/mol. The van der Waals surface area contributed by atoms with Crippen LogP contribution in [0.5, 0.6) is 0 Å². The molecule has 3 heteroatoms. The van der Waals surface area contributed by atoms with Crippen molar-refractivity contribution >= 4 is 11.7 Å². The lowest BCUT2D eigenvalue weighted by Crippen LogP contribution is -2.22. The van der Waals surface area contributed by atoms with Crippen molar-refractivity contribution in [3.8, 4) is 11.1 Å². The fourth-order valence-electron chi connectivity index (χ4n) is 2.72. The first-order valence-corrected chi connectivity index (χ1v) is 8.09. The molecule has 0 bridgehead atoms. The number of hydrogen-bond acceptors (Lipinski definition) is 2. The van der Waals surface area contributed by atoms with E-state index in [2.05, 4.69) is 0 Å². The van der Waals surface area contributed by atoms with Gasteiger partial charge in [-0.25, -0.2) is 0 Å². The van der Waals surface area contributed by atoms with Gasteiger partial charge in [0.2, 0.25) is 0 Å². The van der Waals surface area contributed by atoms with Crippen LogP contribution in [0.15, 0.2) is 78.9 Å². The molecule has 0 N–H and O–H groups in total. The SMILES string of the molecule is CN(C)C(=O)c1ccccc1-c1ccc(C(=O)c2ccccc2)cc1. The first-order valence-electron chi connectivity index (χ1n) is 8.09. The summed E-state index contributed by atoms with van der Waals surface area (Å²) >= 11 is 0. The third-order valence-electron chi connectivity index (χ3n) is 4.06. The standard InChI is InChI=1S/C22H19NO2/c1-23(2)22(25)20-11-7-6-10-19(20)16-12-14-18(15-13-16)21(24)17-8-4-3-5-9-17/h3-15H,1-2H3. The Morgan fingerprint density at radius 2 is 1.24 bits per heavy atom. The summed E-state index contributed by atoms with van der Waals surface area (Å²) in [5, 5.41) is 0. The fourth-order valence-corrected chi connectivity index (χ4v) is 2.72. The predicted octanol–water partition coefficient (Wildman–Crippen LogP) is 4.29. The number of benzene rings is 3. The fraction of sp³-hybridized carbons (Fsp3) is 0.0909. The van der Waals surface area contributed by atoms with Crippen molar-refractivity contribution < 1.29 is 9.59 Å². The van der Waals surface area contributed by atoms with Crippen LogP contribution in [0.2, 0.25) is 0 Å². The molecule has 0 aromatic heterocycles. The second-order valence-electron chi connectivity index (χ2n) is 6.02. The van der Waals surface area contributed by atoms with Gasteiger partial charge in [0.25, 0.3) is 5.91 Å². The first kappa shape index (κ1) is 16.7. The Bertz CT molecular complexity index is 897. The molecule has 0 aliphatic carbocycles. The maximum Gasteiger partial charge on any atom is 0.253 e. The zero-order valence-electron chi connectivity index (χ0n) is 14.3. The zero-order chi connectivity index (χ0) is 17.8. The summed E-state index contributed by atoms with van der Waals surface area (Å²) in [6, 6.07) is 24.1. The maximum absolute atomic E-state index is 12.5. The highest BCUT2D eigenvalue weighted by atomic mass is 16.2. The minimum Gasteiger partial charge on any atom is -0.345 e. The van der Waals surface area contributed by atoms with Crippen LogP contribution in [0, 0.1) is 0 Å². The number of carbonyl (C=O) groups excluding carboxylic acids is 2. The van der Waals surface area contributed by atoms with Gasteiger partial charge in [-0.15, -0.1) is 0 Å². The molecule has 25 heavy (non-hydrogen) atoms. The van der Waals surface area contributed by atoms with E-state index in [1.807, 2.05) is 66.7 Å². The lowest BCUT2D eigenvalue weighted by atomic mass is 9.96. The van der Waals surface area contributed by atoms with Gasteiger partial charge in [-0.2, -0.15) is 0 Å². The molecule has 0 aliphatic heterocycles. The minimum atomic E-state index is -0.0416. The highest BCUT2D eigenvalue weighted by Crippen LogP contribution is 2.25. The zero-order valence-corrected chi connectivity index (χ0v) is 14.3. The lowest BCUT2D eigenvalue weighted by molar-refractivity contribution is 0.0828. The summed E-state index contributed by atoms with van der Waals surface area (Å²) in [5.41, 5.74) is 3.72. The van der Waals surface area contributed by atoms with E-state index >= 15 is 0 Å². The summed E-state index contributed by atoms with van der Waals surface area (Å²) in [7, 11) is 3.47. The largest absolute Gasteiger partial charge is 0.345 e. The highest BCUT2D eigenvalue weighted by Gasteiger charge is 2.14. The Morgan fingerprint density at radius 1 is 0.680 bits per heavy atom. The minimum absolute atomic E-state index is 0.00944. The van der Waals surface area contributed by atoms with Crippen molar-refractivity contribution in [1.82, 2.24) is 4.90 Å². The first-order chi connectivity index (χ1) is 12.1. The molecule has 0 spiro atoms. The smallest absolute Gasteiger partial charge is 0.253 e. The number of rotatable bonds is 4. The average Bonchev–Trinajstić information content (AvgIpc) is 2.67. The van der Waals surface area contributed by atoms with E-state index in [1.54, 1.807) is 31.1 Å². The van der Waals surface area contributed by atoms with Crippen molar-refractivity contribution in [1.29, 1.82) is 0 Å². The van der Waals surface area contributed by atoms with Crippen LogP contribution in [0.3, 0.4) is 0 Å². The number of nitrogens with zero attached hydrogens (tertiary/aromatic N) is 1. The summed E-state index contributed by atoms with van der Waals surface area (Å²) in [4.78, 5) is 26.4. The van der Waals surface area contributed by atoms with Crippen molar-refractivity contribution in [2.75, 3.05) is 14.1 Å². The number of carbonyl (C=O) groups is 2. The van der Waals surface area contributed by atoms with Crippen molar-refractivity contribution in [3.05, 3.63) is 95.6 Å². The molecule has 0 saturated carbocycles. The van der Waals surface area contributed by atoms with Crippen LogP contribution in [-0.4, -0.2) is 30.7 Å². The number of hydrogen-bond donors (Lipinski definition) is 0. The third-order valence-corrected chi connectivity index (χ3v) is 4.06. The molecular formula is C22H19NO2. The van der Waals surface area contributed by atoms with E-state index in [0.29, 0.717) is 16.7 Å². The Balaban J connectivity index is 1.94. The molecule has 3 aromatic rings. The van der Waals surface area contributed by atoms with Crippen LogP contribution < -0.4 is 0 Å². The molecule has 0 unspecified atom stereocenters. The molecule has 124 valence electrons. The Morgan fingerprint density at radius 3 is 1.88 bits per heavy atom. The molecule has 0 radical (unpaired) electrons. The molecule has 1 amide bonds. The van der Waals surface area contributed by atoms with E-state index < -0.39 is 0 Å². The summed E-state index contributed by atoms with van der Waals surface area (Å²) in [6.07, 6.45) is 0. The second-order valence-corrected chi connectivity index (χ2v) is 6.02. The van der Waals surface area contributed by atoms with Gasteiger partial charge in [0, 0.05) is 30.8 Å². The summed E-state index contributed by atoms with van der Waals surface area (Å²) < 4.78 is 0. The molecule has 0 aliphatic rings. The number of amides is 1. The van der Waals surface area contributed by atoms with Gasteiger partial charge in [0.05, 0.1) is 0 Å². The molecule has 3 aromatic carbocycles. The van der Waals surface area contributed by atoms with Crippen LogP contribution in [0.25, 0.3) is 11.1 Å². The van der Waals surface area contributed by atoms with E-state index in [4.69, 9.17) is 0 Å². The quantitative estimate of drug-likeness (QED) is 0.670. The van der Waals surface area contributed by atoms with Crippen molar-refractivity contribution in [3.63, 3.8) is 0 Å². The topological polar surface area (TPSA) is 37.4 Å². The normalized spacial score (nSPS) is 10.3. The molecule has 0 heterocycles. The number of ketones is 1. The van der Waals surface area contributed by atoms with Gasteiger partial charge >= 0.3 is 0 Å². The van der Waals surface area contributed by atoms with Crippen molar-refractivity contribution in [2.24, 2.45) is 0 Å². The van der Waals surface area contributed by atoms with Gasteiger partial charge in [0.15, 0.2) is 5.78 Å². The van der Waals surface area contributed by atoms with Crippen LogP contribution in [0.1, 0.15) is 26.3 Å². The van der Waals surface area contributed by atoms with Gasteiger partial charge in [-0.05, 0) is 17.2 Å². The summed E-state index contributed by atoms with van der Waals surface area (Å²) in [6.45, 7) is 0. The maximum atomic E-state index is 12.5. The Hall–Kier alpha value is -3.20. The molecule has 3 nitrogen and oxygen atoms in total. The van der Waals surface area contributed by atoms with Gasteiger partial charge in [0.1, 0.15) is 0 Å². The molecule has 0 fully saturated rings. The second kappa shape index (κ2) is 7.14. The van der Waals surface area contributed by atoms with Crippen LogP contribution >= 0.6 is 0 Å². The summed E-state index contributed by atoms with van der Waals surface area (Å²) in [5.74, 6) is -0.0511. The van der Waals surface area contributed by atoms with Gasteiger partial charge in [-0.3, -0.25) is 9.59 Å². The Labute approximate surface area is 147 Å². The molecule has 0 saturated heterocycles. The highest BCUT2D eigenvalue weighted by molar-refractivity contribution is 6.09. The van der Waals surface area contributed by atoms with Crippen LogP contribution in [-0.2, 0) is 0 Å². The molecule has 3 rings (SSSR count). The van der Waals surface area contributed by atoms with E-state index in [1.165, 1.54) is 0 Å². The lowest BCUT2D eigenvalue weighted by Gasteiger charge is -2.14. The van der Waals surface area contributed by atoms with Gasteiger partial charge in [-0.1, -0.05) is 72.8 Å². The van der Waals surface area contributed by atoms with E-state index in [0.717, 1.165) is 11.1 Å². The predicted molar refractivity (Wildman–Crippen MR) is 99.8 cm³/mol. The van der Waals surface area contributed by atoms with E-state index in [-0.39, 0.29) is 11.7 Å². The Kier molecular flexibility index (Phi) is 4.75. The van der Waals surface area contributed by atoms with Crippen molar-refractivity contribution in [2.45, 2.75) is 0 Å². The van der Waals surface area contributed by atoms with Gasteiger partial charge < -0.3 is 4.90 Å². The monoisotopic (exact) mass is 329 g/mol. The van der Waals surface area contributed by atoms with E-state index in [9.17, 15) is 9.59 Å². The average molecular weight is 329 g/mol. The van der Waals surface area contributed by atoms with Crippen LogP contribution in [0.4, 0.5) is 0 Å².